The lowest BCUT2D eigenvalue weighted by atomic mass is 9.77. The molecule has 9 heteroatoms. The van der Waals surface area contributed by atoms with Crippen LogP contribution in [0.1, 0.15) is 31.4 Å². The third-order valence-electron chi connectivity index (χ3n) is 9.52. The molecule has 1 fully saturated rings. The Balaban J connectivity index is 1.58. The Morgan fingerprint density at radius 1 is 1.11 bits per heavy atom. The van der Waals surface area contributed by atoms with Gasteiger partial charge in [0, 0.05) is 37.1 Å². The van der Waals surface area contributed by atoms with Crippen molar-refractivity contribution in [2.45, 2.75) is 55.7 Å². The number of carbonyl (C=O) groups excluding carboxylic acids is 1. The Bertz CT molecular complexity index is 1450. The highest BCUT2D eigenvalue weighted by Gasteiger charge is 2.63. The van der Waals surface area contributed by atoms with Gasteiger partial charge in [-0.05, 0) is 96.4 Å². The number of fused-ring (bicyclic) bond motifs is 2. The number of methoxy groups -OCH3 is 1. The van der Waals surface area contributed by atoms with Crippen LogP contribution >= 0.6 is 10.0 Å². The maximum absolute atomic E-state index is 12.8. The second-order valence-electron chi connectivity index (χ2n) is 12.6. The molecule has 3 aromatic rings. The van der Waals surface area contributed by atoms with Crippen molar-refractivity contribution in [1.29, 1.82) is 0 Å². The van der Waals surface area contributed by atoms with Crippen molar-refractivity contribution in [3.63, 3.8) is 0 Å². The standard InChI is InChI=1S/C35H46N2O6S/c1-23-29(22-44(5,6)28-15-13-27(42-4)14-16-28)32(18-19-38)43-35(23)30-20-26(36(3)33(40)24(2)39)12-17-31(30)37(34(35)41)21-25-10-8-7-9-11-25/h7-17,20,23-24,29,32,34,38-39,41H,18-19,21-22H2,1-6H3. The molecule has 0 bridgehead atoms. The summed E-state index contributed by atoms with van der Waals surface area (Å²) in [6.45, 7) is 4.07. The number of nitrogens with zero attached hydrogens (tertiary/aromatic N) is 2. The van der Waals surface area contributed by atoms with Crippen LogP contribution < -0.4 is 14.5 Å². The van der Waals surface area contributed by atoms with Gasteiger partial charge >= 0.3 is 0 Å². The van der Waals surface area contributed by atoms with Gasteiger partial charge in [0.15, 0.2) is 6.23 Å². The first kappa shape index (κ1) is 32.3. The summed E-state index contributed by atoms with van der Waals surface area (Å²) in [4.78, 5) is 17.5. The van der Waals surface area contributed by atoms with Crippen molar-refractivity contribution in [3.05, 3.63) is 83.9 Å². The molecular weight excluding hydrogens is 576 g/mol. The molecule has 5 rings (SSSR count). The van der Waals surface area contributed by atoms with Crippen LogP contribution in [0.4, 0.5) is 11.4 Å². The molecule has 6 atom stereocenters. The lowest BCUT2D eigenvalue weighted by Crippen LogP contribution is -2.48. The molecule has 1 saturated heterocycles. The summed E-state index contributed by atoms with van der Waals surface area (Å²) in [7, 11) is 2.02. The van der Waals surface area contributed by atoms with E-state index in [1.807, 2.05) is 65.6 Å². The van der Waals surface area contributed by atoms with E-state index in [4.69, 9.17) is 9.47 Å². The van der Waals surface area contributed by atoms with Crippen molar-refractivity contribution in [1.82, 2.24) is 0 Å². The minimum absolute atomic E-state index is 0.0232. The number of rotatable bonds is 10. The Morgan fingerprint density at radius 2 is 1.80 bits per heavy atom. The van der Waals surface area contributed by atoms with Gasteiger partial charge in [0.25, 0.3) is 5.91 Å². The molecule has 2 aliphatic rings. The number of benzene rings is 3. The number of carbonyl (C=O) groups is 1. The van der Waals surface area contributed by atoms with E-state index in [0.29, 0.717) is 18.7 Å². The van der Waals surface area contributed by atoms with Crippen molar-refractivity contribution in [2.75, 3.05) is 48.8 Å². The molecule has 0 aliphatic carbocycles. The minimum atomic E-state index is -1.29. The largest absolute Gasteiger partial charge is 0.497 e. The minimum Gasteiger partial charge on any atom is -0.497 e. The smallest absolute Gasteiger partial charge is 0.255 e. The van der Waals surface area contributed by atoms with Crippen LogP contribution in [0.3, 0.4) is 0 Å². The molecule has 0 aromatic heterocycles. The number of hydrogen-bond acceptors (Lipinski definition) is 7. The topological polar surface area (TPSA) is 103 Å². The third kappa shape index (κ3) is 5.72. The molecule has 6 unspecified atom stereocenters. The Labute approximate surface area is 262 Å². The number of anilines is 2. The molecule has 1 spiro atoms. The van der Waals surface area contributed by atoms with Gasteiger partial charge in [0.2, 0.25) is 0 Å². The van der Waals surface area contributed by atoms with Crippen molar-refractivity contribution in [3.8, 4) is 5.75 Å². The highest BCUT2D eigenvalue weighted by molar-refractivity contribution is 8.32. The van der Waals surface area contributed by atoms with Crippen LogP contribution in [0.5, 0.6) is 5.75 Å². The molecule has 0 saturated carbocycles. The zero-order chi connectivity index (χ0) is 31.8. The first-order chi connectivity index (χ1) is 20.9. The van der Waals surface area contributed by atoms with Gasteiger partial charge in [-0.15, -0.1) is 0 Å². The van der Waals surface area contributed by atoms with Gasteiger partial charge in [-0.2, -0.15) is 0 Å². The summed E-state index contributed by atoms with van der Waals surface area (Å²) in [5, 5.41) is 32.5. The van der Waals surface area contributed by atoms with E-state index < -0.39 is 33.9 Å². The summed E-state index contributed by atoms with van der Waals surface area (Å²) >= 11 is 0. The van der Waals surface area contributed by atoms with Crippen LogP contribution in [0.2, 0.25) is 0 Å². The molecule has 3 aromatic carbocycles. The van der Waals surface area contributed by atoms with Gasteiger partial charge in [-0.1, -0.05) is 37.3 Å². The van der Waals surface area contributed by atoms with E-state index in [9.17, 15) is 20.1 Å². The van der Waals surface area contributed by atoms with E-state index in [-0.39, 0.29) is 24.5 Å². The first-order valence-corrected chi connectivity index (χ1v) is 17.8. The Hall–Kier alpha value is -3.08. The van der Waals surface area contributed by atoms with Crippen molar-refractivity contribution >= 4 is 27.3 Å². The maximum Gasteiger partial charge on any atom is 0.255 e. The van der Waals surface area contributed by atoms with E-state index in [2.05, 4.69) is 31.6 Å². The van der Waals surface area contributed by atoms with E-state index in [0.717, 1.165) is 28.3 Å². The van der Waals surface area contributed by atoms with Gasteiger partial charge in [-0.3, -0.25) is 4.79 Å². The highest BCUT2D eigenvalue weighted by atomic mass is 32.3. The van der Waals surface area contributed by atoms with Gasteiger partial charge < -0.3 is 34.6 Å². The van der Waals surface area contributed by atoms with Gasteiger partial charge in [0.1, 0.15) is 17.5 Å². The fourth-order valence-electron chi connectivity index (χ4n) is 7.02. The van der Waals surface area contributed by atoms with Crippen LogP contribution in [-0.2, 0) is 21.7 Å². The number of likely N-dealkylation sites (N-methyl/N-ethyl adjacent to an activating group) is 1. The zero-order valence-electron chi connectivity index (χ0n) is 26.5. The van der Waals surface area contributed by atoms with Crippen molar-refractivity contribution in [2.24, 2.45) is 11.8 Å². The van der Waals surface area contributed by atoms with Crippen molar-refractivity contribution < 1.29 is 29.6 Å². The first-order valence-electron chi connectivity index (χ1n) is 15.2. The van der Waals surface area contributed by atoms with Crippen LogP contribution in [0.15, 0.2) is 77.7 Å². The van der Waals surface area contributed by atoms with Crippen LogP contribution in [0, 0.1) is 11.8 Å². The fourth-order valence-corrected chi connectivity index (χ4v) is 9.55. The molecule has 0 radical (unpaired) electrons. The summed E-state index contributed by atoms with van der Waals surface area (Å²) in [5.41, 5.74) is 2.25. The van der Waals surface area contributed by atoms with Crippen LogP contribution in [-0.4, -0.2) is 78.7 Å². The summed E-state index contributed by atoms with van der Waals surface area (Å²) in [6.07, 6.45) is 2.64. The average molecular weight is 623 g/mol. The molecular formula is C35H46N2O6S. The number of hydrogen-bond donors (Lipinski definition) is 3. The summed E-state index contributed by atoms with van der Waals surface area (Å²) < 4.78 is 12.4. The SMILES string of the molecule is COc1ccc(S(C)(C)CC2C(CCO)OC3(c4cc(N(C)C(=O)C(C)O)ccc4N(Cc4ccccc4)C3O)C2C)cc1. The molecule has 2 heterocycles. The molecule has 2 aliphatic heterocycles. The van der Waals surface area contributed by atoms with E-state index in [1.165, 1.54) is 16.7 Å². The molecule has 8 nitrogen and oxygen atoms in total. The Morgan fingerprint density at radius 3 is 2.41 bits per heavy atom. The summed E-state index contributed by atoms with van der Waals surface area (Å²) in [6, 6.07) is 24.0. The normalized spacial score (nSPS) is 25.6. The second kappa shape index (κ2) is 12.7. The zero-order valence-corrected chi connectivity index (χ0v) is 27.3. The summed E-state index contributed by atoms with van der Waals surface area (Å²) in [5.74, 6) is 1.19. The predicted molar refractivity (Wildman–Crippen MR) is 177 cm³/mol. The monoisotopic (exact) mass is 622 g/mol. The van der Waals surface area contributed by atoms with E-state index in [1.54, 1.807) is 14.2 Å². The number of aliphatic hydroxyl groups is 3. The number of amides is 1. The lowest BCUT2D eigenvalue weighted by molar-refractivity contribution is -0.132. The predicted octanol–water partition coefficient (Wildman–Crippen LogP) is 4.73. The number of aliphatic hydroxyl groups excluding tert-OH is 3. The average Bonchev–Trinajstić information content (AvgIpc) is 3.42. The van der Waals surface area contributed by atoms with Crippen LogP contribution in [0.25, 0.3) is 0 Å². The third-order valence-corrected chi connectivity index (χ3v) is 12.3. The molecule has 238 valence electrons. The number of ether oxygens (including phenoxy) is 2. The second-order valence-corrected chi connectivity index (χ2v) is 16.4. The van der Waals surface area contributed by atoms with Gasteiger partial charge in [-0.25, -0.2) is 10.0 Å². The molecule has 3 N–H and O–H groups in total. The van der Waals surface area contributed by atoms with E-state index >= 15 is 0 Å². The molecule has 44 heavy (non-hydrogen) atoms. The lowest BCUT2D eigenvalue weighted by Gasteiger charge is -2.39. The quantitative estimate of drug-likeness (QED) is 0.301. The van der Waals surface area contributed by atoms with Gasteiger partial charge in [0.05, 0.1) is 13.2 Å². The maximum atomic E-state index is 12.8. The Kier molecular flexibility index (Phi) is 9.35. The molecule has 1 amide bonds. The highest BCUT2D eigenvalue weighted by Crippen LogP contribution is 2.62. The fraction of sp³-hybridized carbons (Fsp3) is 0.457.